The van der Waals surface area contributed by atoms with Crippen molar-refractivity contribution in [2.75, 3.05) is 0 Å². The van der Waals surface area contributed by atoms with Crippen molar-refractivity contribution in [1.29, 1.82) is 0 Å². The first-order chi connectivity index (χ1) is 9.22. The van der Waals surface area contributed by atoms with Crippen molar-refractivity contribution in [1.82, 2.24) is 14.6 Å². The van der Waals surface area contributed by atoms with E-state index in [1.807, 2.05) is 30.3 Å². The number of fused-ring (bicyclic) bond motifs is 1. The third-order valence-corrected chi connectivity index (χ3v) is 3.41. The van der Waals surface area contributed by atoms with Gasteiger partial charge in [-0.15, -0.1) is 0 Å². The molecule has 0 atom stereocenters. The molecule has 0 aliphatic rings. The number of halogens is 1. The van der Waals surface area contributed by atoms with Crippen LogP contribution in [-0.2, 0) is 0 Å². The maximum absolute atomic E-state index is 11.7. The van der Waals surface area contributed by atoms with Crippen molar-refractivity contribution < 1.29 is 0 Å². The van der Waals surface area contributed by atoms with Crippen LogP contribution in [0.1, 0.15) is 11.3 Å². The topological polar surface area (TPSA) is 47.3 Å². The van der Waals surface area contributed by atoms with Crippen molar-refractivity contribution in [2.24, 2.45) is 0 Å². The average Bonchev–Trinajstić information content (AvgIpc) is 2.85. The molecule has 1 aromatic carbocycles. The van der Waals surface area contributed by atoms with Crippen molar-refractivity contribution in [3.63, 3.8) is 0 Å². The molecule has 0 N–H and O–H groups in total. The molecule has 0 aliphatic heterocycles. The van der Waals surface area contributed by atoms with E-state index in [-0.39, 0.29) is 5.56 Å². The minimum atomic E-state index is -0.183. The summed E-state index contributed by atoms with van der Waals surface area (Å²) in [6.07, 6.45) is 3.65. The summed E-state index contributed by atoms with van der Waals surface area (Å²) in [5.41, 5.74) is 2.97. The highest BCUT2D eigenvalue weighted by Crippen LogP contribution is 2.13. The standard InChI is InChI=1S/C13H8ClN3OS/c14-10-3-1-2-9(6-10)4-5-11-7-12(18)17-13(16-11)19-8-15-17/h1-8H/b5-4+. The van der Waals surface area contributed by atoms with Crippen molar-refractivity contribution in [3.8, 4) is 0 Å². The van der Waals surface area contributed by atoms with Crippen LogP contribution in [0.15, 0.2) is 40.6 Å². The predicted molar refractivity (Wildman–Crippen MR) is 77.5 cm³/mol. The van der Waals surface area contributed by atoms with Gasteiger partial charge in [0.05, 0.1) is 5.69 Å². The van der Waals surface area contributed by atoms with Crippen molar-refractivity contribution in [3.05, 3.63) is 62.5 Å². The van der Waals surface area contributed by atoms with Gasteiger partial charge in [0.15, 0.2) is 0 Å². The van der Waals surface area contributed by atoms with Crippen LogP contribution in [0.4, 0.5) is 0 Å². The third-order valence-electron chi connectivity index (χ3n) is 2.50. The third kappa shape index (κ3) is 2.57. The highest BCUT2D eigenvalue weighted by Gasteiger charge is 2.01. The molecule has 0 bridgehead atoms. The van der Waals surface area contributed by atoms with E-state index in [1.165, 1.54) is 21.9 Å². The van der Waals surface area contributed by atoms with Crippen molar-refractivity contribution in [2.45, 2.75) is 0 Å². The van der Waals surface area contributed by atoms with E-state index >= 15 is 0 Å². The number of benzene rings is 1. The molecule has 0 fully saturated rings. The Hall–Kier alpha value is -1.98. The Morgan fingerprint density at radius 1 is 1.26 bits per heavy atom. The van der Waals surface area contributed by atoms with Crippen LogP contribution in [0.5, 0.6) is 0 Å². The normalized spacial score (nSPS) is 11.4. The molecule has 0 saturated carbocycles. The maximum atomic E-state index is 11.7. The zero-order chi connectivity index (χ0) is 13.2. The molecule has 4 nitrogen and oxygen atoms in total. The molecule has 19 heavy (non-hydrogen) atoms. The lowest BCUT2D eigenvalue weighted by Gasteiger charge is -1.95. The molecule has 2 aromatic heterocycles. The Morgan fingerprint density at radius 2 is 2.16 bits per heavy atom. The molecule has 3 rings (SSSR count). The first kappa shape index (κ1) is 12.1. The first-order valence-electron chi connectivity index (χ1n) is 5.49. The molecule has 2 heterocycles. The zero-order valence-electron chi connectivity index (χ0n) is 9.65. The fraction of sp³-hybridized carbons (Fsp3) is 0. The Morgan fingerprint density at radius 3 is 3.00 bits per heavy atom. The van der Waals surface area contributed by atoms with Gasteiger partial charge in [-0.05, 0) is 23.8 Å². The molecule has 0 amide bonds. The summed E-state index contributed by atoms with van der Waals surface area (Å²) >= 11 is 7.23. The quantitative estimate of drug-likeness (QED) is 0.729. The highest BCUT2D eigenvalue weighted by molar-refractivity contribution is 7.14. The van der Waals surface area contributed by atoms with Gasteiger partial charge < -0.3 is 0 Å². The number of hydrogen-bond donors (Lipinski definition) is 0. The fourth-order valence-electron chi connectivity index (χ4n) is 1.65. The summed E-state index contributed by atoms with van der Waals surface area (Å²) in [6.45, 7) is 0. The molecule has 0 spiro atoms. The van der Waals surface area contributed by atoms with Gasteiger partial charge in [-0.25, -0.2) is 4.98 Å². The summed E-state index contributed by atoms with van der Waals surface area (Å²) in [5, 5.41) is 4.58. The second-order valence-electron chi connectivity index (χ2n) is 3.84. The van der Waals surface area contributed by atoms with Gasteiger partial charge >= 0.3 is 0 Å². The lowest BCUT2D eigenvalue weighted by Crippen LogP contribution is -2.13. The van der Waals surface area contributed by atoms with Gasteiger partial charge in [-0.3, -0.25) is 4.79 Å². The summed E-state index contributed by atoms with van der Waals surface area (Å²) in [5.74, 6) is 0. The molecule has 6 heteroatoms. The van der Waals surface area contributed by atoms with Crippen LogP contribution in [0.25, 0.3) is 17.1 Å². The number of aromatic nitrogens is 3. The largest absolute Gasteiger partial charge is 0.275 e. The van der Waals surface area contributed by atoms with E-state index < -0.39 is 0 Å². The second kappa shape index (κ2) is 4.95. The summed E-state index contributed by atoms with van der Waals surface area (Å²) in [4.78, 5) is 16.7. The van der Waals surface area contributed by atoms with Gasteiger partial charge in [-0.2, -0.15) is 9.61 Å². The van der Waals surface area contributed by atoms with E-state index in [0.29, 0.717) is 15.7 Å². The van der Waals surface area contributed by atoms with Crippen LogP contribution in [0.3, 0.4) is 0 Å². The molecule has 0 aliphatic carbocycles. The Labute approximate surface area is 117 Å². The average molecular weight is 290 g/mol. The van der Waals surface area contributed by atoms with E-state index in [1.54, 1.807) is 11.6 Å². The smallest absolute Gasteiger partial charge is 0.267 e. The van der Waals surface area contributed by atoms with E-state index in [2.05, 4.69) is 10.1 Å². The Balaban J connectivity index is 1.99. The Bertz CT molecular complexity index is 822. The molecule has 0 radical (unpaired) electrons. The maximum Gasteiger partial charge on any atom is 0.275 e. The monoisotopic (exact) mass is 289 g/mol. The van der Waals surface area contributed by atoms with Crippen LogP contribution in [-0.4, -0.2) is 14.6 Å². The van der Waals surface area contributed by atoms with Gasteiger partial charge in [-0.1, -0.05) is 41.1 Å². The predicted octanol–water partition coefficient (Wildman–Crippen LogP) is 2.97. The van der Waals surface area contributed by atoms with Gasteiger partial charge in [0, 0.05) is 11.1 Å². The highest BCUT2D eigenvalue weighted by atomic mass is 35.5. The van der Waals surface area contributed by atoms with Crippen LogP contribution >= 0.6 is 22.9 Å². The van der Waals surface area contributed by atoms with Crippen LogP contribution in [0, 0.1) is 0 Å². The SMILES string of the molecule is O=c1cc(/C=C/c2cccc(Cl)c2)nc2scnn12. The molecule has 0 unspecified atom stereocenters. The van der Waals surface area contributed by atoms with Gasteiger partial charge in [0.1, 0.15) is 5.51 Å². The number of rotatable bonds is 2. The minimum absolute atomic E-state index is 0.183. The molecule has 0 saturated heterocycles. The molecular formula is C13H8ClN3OS. The van der Waals surface area contributed by atoms with Crippen LogP contribution < -0.4 is 5.56 Å². The van der Waals surface area contributed by atoms with Gasteiger partial charge in [0.25, 0.3) is 5.56 Å². The fourth-order valence-corrected chi connectivity index (χ4v) is 2.48. The van der Waals surface area contributed by atoms with E-state index in [0.717, 1.165) is 5.56 Å². The molecule has 94 valence electrons. The van der Waals surface area contributed by atoms with E-state index in [4.69, 9.17) is 11.6 Å². The second-order valence-corrected chi connectivity index (χ2v) is 5.09. The lowest BCUT2D eigenvalue weighted by atomic mass is 10.2. The summed E-state index contributed by atoms with van der Waals surface area (Å²) in [6, 6.07) is 8.91. The summed E-state index contributed by atoms with van der Waals surface area (Å²) in [7, 11) is 0. The first-order valence-corrected chi connectivity index (χ1v) is 6.75. The summed E-state index contributed by atoms with van der Waals surface area (Å²) < 4.78 is 1.28. The molecular weight excluding hydrogens is 282 g/mol. The van der Waals surface area contributed by atoms with Gasteiger partial charge in [0.2, 0.25) is 4.96 Å². The van der Waals surface area contributed by atoms with Crippen molar-refractivity contribution >= 4 is 40.1 Å². The lowest BCUT2D eigenvalue weighted by molar-refractivity contribution is 0.897. The molecule has 3 aromatic rings. The van der Waals surface area contributed by atoms with Crippen LogP contribution in [0.2, 0.25) is 5.02 Å². The van der Waals surface area contributed by atoms with E-state index in [9.17, 15) is 4.79 Å². The minimum Gasteiger partial charge on any atom is -0.267 e. The number of nitrogens with zero attached hydrogens (tertiary/aromatic N) is 3. The Kier molecular flexibility index (Phi) is 3.15. The zero-order valence-corrected chi connectivity index (χ0v) is 11.2. The number of hydrogen-bond acceptors (Lipinski definition) is 4.